The average Bonchev–Trinajstić information content (AvgIpc) is 2.46. The number of hydrogen-bond acceptors (Lipinski definition) is 4. The van der Waals surface area contributed by atoms with E-state index in [4.69, 9.17) is 15.7 Å². The van der Waals surface area contributed by atoms with Crippen molar-refractivity contribution in [3.63, 3.8) is 0 Å². The van der Waals surface area contributed by atoms with Gasteiger partial charge in [-0.3, -0.25) is 0 Å². The second kappa shape index (κ2) is 5.69. The molecule has 0 aliphatic rings. The zero-order valence-corrected chi connectivity index (χ0v) is 10.2. The molecule has 0 aromatic heterocycles. The van der Waals surface area contributed by atoms with Gasteiger partial charge in [0, 0.05) is 5.69 Å². The van der Waals surface area contributed by atoms with Gasteiger partial charge in [-0.15, -0.1) is 0 Å². The third-order valence-corrected chi connectivity index (χ3v) is 2.57. The van der Waals surface area contributed by atoms with E-state index in [1.54, 1.807) is 48.5 Å². The molecule has 0 bridgehead atoms. The predicted octanol–water partition coefficient (Wildman–Crippen LogP) is 2.50. The summed E-state index contributed by atoms with van der Waals surface area (Å²) in [5, 5.41) is 8.77. The van der Waals surface area contributed by atoms with Crippen molar-refractivity contribution < 1.29 is 9.53 Å². The van der Waals surface area contributed by atoms with Gasteiger partial charge in [-0.2, -0.15) is 5.26 Å². The van der Waals surface area contributed by atoms with Crippen LogP contribution in [-0.2, 0) is 11.3 Å². The maximum absolute atomic E-state index is 11.8. The number of rotatable bonds is 3. The molecule has 0 amide bonds. The summed E-state index contributed by atoms with van der Waals surface area (Å²) in [5.74, 6) is -0.414. The highest BCUT2D eigenvalue weighted by Crippen LogP contribution is 2.10. The van der Waals surface area contributed by atoms with Crippen LogP contribution >= 0.6 is 0 Å². The van der Waals surface area contributed by atoms with E-state index in [0.29, 0.717) is 16.8 Å². The highest BCUT2D eigenvalue weighted by atomic mass is 16.5. The third kappa shape index (κ3) is 3.33. The average molecular weight is 252 g/mol. The standard InChI is InChI=1S/C15H12N2O2/c16-9-11-2-1-3-12(8-11)10-19-15(18)13-4-6-14(17)7-5-13/h1-8H,10,17H2. The fraction of sp³-hybridized carbons (Fsp3) is 0.0667. The fourth-order valence-electron chi connectivity index (χ4n) is 1.58. The normalized spacial score (nSPS) is 9.63. The van der Waals surface area contributed by atoms with Crippen LogP contribution in [0.2, 0.25) is 0 Å². The lowest BCUT2D eigenvalue weighted by atomic mass is 10.1. The number of nitrogens with zero attached hydrogens (tertiary/aromatic N) is 1. The first kappa shape index (κ1) is 12.7. The van der Waals surface area contributed by atoms with Gasteiger partial charge in [-0.1, -0.05) is 12.1 Å². The lowest BCUT2D eigenvalue weighted by Gasteiger charge is -2.05. The molecule has 4 nitrogen and oxygen atoms in total. The Bertz CT molecular complexity index is 627. The van der Waals surface area contributed by atoms with Crippen molar-refractivity contribution in [2.75, 3.05) is 5.73 Å². The summed E-state index contributed by atoms with van der Waals surface area (Å²) in [6, 6.07) is 15.5. The van der Waals surface area contributed by atoms with Crippen LogP contribution in [0.15, 0.2) is 48.5 Å². The van der Waals surface area contributed by atoms with Crippen molar-refractivity contribution in [1.82, 2.24) is 0 Å². The van der Waals surface area contributed by atoms with Crippen LogP contribution in [-0.4, -0.2) is 5.97 Å². The van der Waals surface area contributed by atoms with E-state index in [2.05, 4.69) is 0 Å². The van der Waals surface area contributed by atoms with E-state index in [-0.39, 0.29) is 6.61 Å². The molecule has 0 heterocycles. The van der Waals surface area contributed by atoms with Crippen molar-refractivity contribution in [2.24, 2.45) is 0 Å². The molecule has 19 heavy (non-hydrogen) atoms. The summed E-state index contributed by atoms with van der Waals surface area (Å²) in [6.45, 7) is 0.138. The molecule has 0 aliphatic carbocycles. The first-order chi connectivity index (χ1) is 9.19. The van der Waals surface area contributed by atoms with Crippen LogP contribution in [0.4, 0.5) is 5.69 Å². The van der Waals surface area contributed by atoms with E-state index >= 15 is 0 Å². The van der Waals surface area contributed by atoms with E-state index in [9.17, 15) is 4.79 Å². The molecular weight excluding hydrogens is 240 g/mol. The minimum Gasteiger partial charge on any atom is -0.457 e. The number of esters is 1. The second-order valence-corrected chi connectivity index (χ2v) is 4.01. The molecule has 4 heteroatoms. The monoisotopic (exact) mass is 252 g/mol. The van der Waals surface area contributed by atoms with Crippen LogP contribution in [0.5, 0.6) is 0 Å². The van der Waals surface area contributed by atoms with Crippen LogP contribution in [0.25, 0.3) is 0 Å². The number of nitrogen functional groups attached to an aromatic ring is 1. The number of anilines is 1. The molecule has 0 saturated heterocycles. The zero-order valence-electron chi connectivity index (χ0n) is 10.2. The Morgan fingerprint density at radius 3 is 2.63 bits per heavy atom. The van der Waals surface area contributed by atoms with Crippen LogP contribution < -0.4 is 5.73 Å². The van der Waals surface area contributed by atoms with Gasteiger partial charge in [0.2, 0.25) is 0 Å². The van der Waals surface area contributed by atoms with Gasteiger partial charge in [0.1, 0.15) is 6.61 Å². The Labute approximate surface area is 111 Å². The molecule has 0 unspecified atom stereocenters. The van der Waals surface area contributed by atoms with E-state index in [1.165, 1.54) is 0 Å². The van der Waals surface area contributed by atoms with Gasteiger partial charge in [-0.25, -0.2) is 4.79 Å². The largest absolute Gasteiger partial charge is 0.457 e. The van der Waals surface area contributed by atoms with Gasteiger partial charge in [-0.05, 0) is 42.0 Å². The molecule has 94 valence electrons. The molecule has 0 atom stereocenters. The Kier molecular flexibility index (Phi) is 3.79. The Morgan fingerprint density at radius 2 is 1.95 bits per heavy atom. The SMILES string of the molecule is N#Cc1cccc(COC(=O)c2ccc(N)cc2)c1. The smallest absolute Gasteiger partial charge is 0.338 e. The van der Waals surface area contributed by atoms with Crippen molar-refractivity contribution in [1.29, 1.82) is 5.26 Å². The van der Waals surface area contributed by atoms with Crippen molar-refractivity contribution in [3.8, 4) is 6.07 Å². The molecule has 0 fully saturated rings. The Hall–Kier alpha value is -2.80. The third-order valence-electron chi connectivity index (χ3n) is 2.57. The molecule has 0 spiro atoms. The van der Waals surface area contributed by atoms with E-state index in [1.807, 2.05) is 6.07 Å². The molecule has 2 aromatic rings. The van der Waals surface area contributed by atoms with Crippen LogP contribution in [0.1, 0.15) is 21.5 Å². The van der Waals surface area contributed by atoms with Gasteiger partial charge in [0.05, 0.1) is 17.2 Å². The maximum Gasteiger partial charge on any atom is 0.338 e. The number of carbonyl (C=O) groups excluding carboxylic acids is 1. The first-order valence-corrected chi connectivity index (χ1v) is 5.71. The van der Waals surface area contributed by atoms with Gasteiger partial charge >= 0.3 is 5.97 Å². The number of carbonyl (C=O) groups is 1. The Balaban J connectivity index is 2.00. The quantitative estimate of drug-likeness (QED) is 0.672. The maximum atomic E-state index is 11.8. The zero-order chi connectivity index (χ0) is 13.7. The molecule has 2 N–H and O–H groups in total. The topological polar surface area (TPSA) is 76.1 Å². The van der Waals surface area contributed by atoms with E-state index < -0.39 is 5.97 Å². The summed E-state index contributed by atoms with van der Waals surface area (Å²) in [5.41, 5.74) is 7.91. The minimum atomic E-state index is -0.414. The summed E-state index contributed by atoms with van der Waals surface area (Å²) in [4.78, 5) is 11.8. The highest BCUT2D eigenvalue weighted by Gasteiger charge is 2.07. The van der Waals surface area contributed by atoms with Crippen LogP contribution in [0, 0.1) is 11.3 Å². The molecule has 2 aromatic carbocycles. The summed E-state index contributed by atoms with van der Waals surface area (Å²) in [6.07, 6.45) is 0. The molecule has 0 saturated carbocycles. The number of hydrogen-bond donors (Lipinski definition) is 1. The lowest BCUT2D eigenvalue weighted by molar-refractivity contribution is 0.0472. The van der Waals surface area contributed by atoms with Crippen molar-refractivity contribution in [2.45, 2.75) is 6.61 Å². The fourth-order valence-corrected chi connectivity index (χ4v) is 1.58. The van der Waals surface area contributed by atoms with Crippen molar-refractivity contribution >= 4 is 11.7 Å². The molecule has 2 rings (SSSR count). The van der Waals surface area contributed by atoms with Crippen LogP contribution in [0.3, 0.4) is 0 Å². The summed E-state index contributed by atoms with van der Waals surface area (Å²) >= 11 is 0. The van der Waals surface area contributed by atoms with Crippen molar-refractivity contribution in [3.05, 3.63) is 65.2 Å². The molecule has 0 aliphatic heterocycles. The number of benzene rings is 2. The van der Waals surface area contributed by atoms with Gasteiger partial charge in [0.15, 0.2) is 0 Å². The first-order valence-electron chi connectivity index (χ1n) is 5.71. The van der Waals surface area contributed by atoms with Gasteiger partial charge in [0.25, 0.3) is 0 Å². The summed E-state index contributed by atoms with van der Waals surface area (Å²) in [7, 11) is 0. The van der Waals surface area contributed by atoms with E-state index in [0.717, 1.165) is 5.56 Å². The Morgan fingerprint density at radius 1 is 1.21 bits per heavy atom. The number of nitriles is 1. The molecular formula is C15H12N2O2. The minimum absolute atomic E-state index is 0.138. The highest BCUT2D eigenvalue weighted by molar-refractivity contribution is 5.89. The molecule has 0 radical (unpaired) electrons. The summed E-state index contributed by atoms with van der Waals surface area (Å²) < 4.78 is 5.16. The number of ether oxygens (including phenoxy) is 1. The second-order valence-electron chi connectivity index (χ2n) is 4.01. The lowest BCUT2D eigenvalue weighted by Crippen LogP contribution is -2.05. The number of nitrogens with two attached hydrogens (primary N) is 1. The van der Waals surface area contributed by atoms with Gasteiger partial charge < -0.3 is 10.5 Å². The predicted molar refractivity (Wildman–Crippen MR) is 71.1 cm³/mol.